The summed E-state index contributed by atoms with van der Waals surface area (Å²) in [6.45, 7) is 5.48. The molecule has 6 heteroatoms. The van der Waals surface area contributed by atoms with E-state index in [0.717, 1.165) is 11.3 Å². The number of pyridine rings is 1. The summed E-state index contributed by atoms with van der Waals surface area (Å²) in [5.74, 6) is 1.77. The molecule has 0 saturated heterocycles. The van der Waals surface area contributed by atoms with Gasteiger partial charge in [0.05, 0.1) is 11.0 Å². The Kier molecular flexibility index (Phi) is 3.50. The molecule has 0 saturated carbocycles. The van der Waals surface area contributed by atoms with Gasteiger partial charge in [0, 0.05) is 12.3 Å². The second kappa shape index (κ2) is 5.09. The number of aromatic nitrogens is 1. The van der Waals surface area contributed by atoms with Gasteiger partial charge in [-0.25, -0.2) is 4.98 Å². The van der Waals surface area contributed by atoms with Gasteiger partial charge in [-0.3, -0.25) is 10.1 Å². The SMILES string of the molecule is Cc1cnc(NC(C)c2ccc(C)o2)c([N+](=O)[O-])c1. The molecule has 0 aliphatic heterocycles. The molecule has 0 amide bonds. The molecule has 100 valence electrons. The Hall–Kier alpha value is -2.37. The van der Waals surface area contributed by atoms with Crippen LogP contribution < -0.4 is 5.32 Å². The van der Waals surface area contributed by atoms with Crippen LogP contribution in [-0.2, 0) is 0 Å². The van der Waals surface area contributed by atoms with E-state index in [1.165, 1.54) is 6.07 Å². The zero-order valence-electron chi connectivity index (χ0n) is 11.0. The average Bonchev–Trinajstić information content (AvgIpc) is 2.78. The number of hydrogen-bond donors (Lipinski definition) is 1. The fourth-order valence-electron chi connectivity index (χ4n) is 1.77. The third-order valence-electron chi connectivity index (χ3n) is 2.74. The van der Waals surface area contributed by atoms with Crippen LogP contribution in [0.15, 0.2) is 28.8 Å². The lowest BCUT2D eigenvalue weighted by atomic mass is 10.2. The van der Waals surface area contributed by atoms with E-state index in [-0.39, 0.29) is 17.5 Å². The van der Waals surface area contributed by atoms with Crippen molar-refractivity contribution >= 4 is 11.5 Å². The Morgan fingerprint density at radius 3 is 2.74 bits per heavy atom. The van der Waals surface area contributed by atoms with Crippen LogP contribution in [0.5, 0.6) is 0 Å². The van der Waals surface area contributed by atoms with Crippen molar-refractivity contribution in [2.24, 2.45) is 0 Å². The van der Waals surface area contributed by atoms with E-state index in [9.17, 15) is 10.1 Å². The molecule has 2 aromatic heterocycles. The van der Waals surface area contributed by atoms with Crippen LogP contribution in [0.1, 0.15) is 30.0 Å². The minimum Gasteiger partial charge on any atom is -0.464 e. The Balaban J connectivity index is 2.26. The highest BCUT2D eigenvalue weighted by molar-refractivity contribution is 5.57. The number of hydrogen-bond acceptors (Lipinski definition) is 5. The molecule has 1 unspecified atom stereocenters. The molecule has 2 aromatic rings. The summed E-state index contributed by atoms with van der Waals surface area (Å²) in [6, 6.07) is 5.00. The molecular weight excluding hydrogens is 246 g/mol. The minimum absolute atomic E-state index is 0.0323. The van der Waals surface area contributed by atoms with E-state index in [4.69, 9.17) is 4.42 Å². The standard InChI is InChI=1S/C13H15N3O3/c1-8-6-11(16(17)18)13(14-7-8)15-10(3)12-5-4-9(2)19-12/h4-7,10H,1-3H3,(H,14,15). The number of nitrogens with zero attached hydrogens (tertiary/aromatic N) is 2. The lowest BCUT2D eigenvalue weighted by Crippen LogP contribution is -2.09. The highest BCUT2D eigenvalue weighted by Gasteiger charge is 2.19. The van der Waals surface area contributed by atoms with Crippen LogP contribution in [0, 0.1) is 24.0 Å². The van der Waals surface area contributed by atoms with Gasteiger partial charge in [0.25, 0.3) is 0 Å². The van der Waals surface area contributed by atoms with Crippen molar-refractivity contribution < 1.29 is 9.34 Å². The number of nitrogens with one attached hydrogen (secondary N) is 1. The first-order valence-electron chi connectivity index (χ1n) is 5.91. The maximum atomic E-state index is 11.0. The topological polar surface area (TPSA) is 81.2 Å². The van der Waals surface area contributed by atoms with Crippen molar-refractivity contribution in [1.29, 1.82) is 0 Å². The van der Waals surface area contributed by atoms with Crippen molar-refractivity contribution in [3.63, 3.8) is 0 Å². The Morgan fingerprint density at radius 1 is 1.42 bits per heavy atom. The molecule has 0 fully saturated rings. The third-order valence-corrected chi connectivity index (χ3v) is 2.74. The molecule has 0 bridgehead atoms. The molecule has 0 radical (unpaired) electrons. The molecule has 0 spiro atoms. The van der Waals surface area contributed by atoms with Gasteiger partial charge in [-0.2, -0.15) is 0 Å². The maximum absolute atomic E-state index is 11.0. The Bertz CT molecular complexity index is 607. The van der Waals surface area contributed by atoms with E-state index < -0.39 is 4.92 Å². The predicted octanol–water partition coefficient (Wildman–Crippen LogP) is 3.37. The highest BCUT2D eigenvalue weighted by Crippen LogP contribution is 2.27. The molecule has 6 nitrogen and oxygen atoms in total. The van der Waals surface area contributed by atoms with Gasteiger partial charge < -0.3 is 9.73 Å². The summed E-state index contributed by atoms with van der Waals surface area (Å²) in [6.07, 6.45) is 1.59. The fourth-order valence-corrected chi connectivity index (χ4v) is 1.77. The first-order valence-corrected chi connectivity index (χ1v) is 5.91. The molecule has 1 atom stereocenters. The van der Waals surface area contributed by atoms with Crippen molar-refractivity contribution in [1.82, 2.24) is 4.98 Å². The molecule has 1 N–H and O–H groups in total. The molecular formula is C13H15N3O3. The van der Waals surface area contributed by atoms with E-state index in [1.54, 1.807) is 13.1 Å². The number of rotatable bonds is 4. The quantitative estimate of drug-likeness (QED) is 0.674. The van der Waals surface area contributed by atoms with Crippen LogP contribution in [0.25, 0.3) is 0 Å². The van der Waals surface area contributed by atoms with E-state index >= 15 is 0 Å². The van der Waals surface area contributed by atoms with Gasteiger partial charge in [-0.15, -0.1) is 0 Å². The van der Waals surface area contributed by atoms with Crippen LogP contribution in [0.3, 0.4) is 0 Å². The molecule has 2 heterocycles. The van der Waals surface area contributed by atoms with Gasteiger partial charge in [0.15, 0.2) is 0 Å². The van der Waals surface area contributed by atoms with Gasteiger partial charge in [-0.1, -0.05) is 0 Å². The minimum atomic E-state index is -0.442. The lowest BCUT2D eigenvalue weighted by molar-refractivity contribution is -0.384. The number of furan rings is 1. The molecule has 0 aliphatic carbocycles. The van der Waals surface area contributed by atoms with Crippen molar-refractivity contribution in [2.75, 3.05) is 5.32 Å². The summed E-state index contributed by atoms with van der Waals surface area (Å²) in [5, 5.41) is 14.0. The van der Waals surface area contributed by atoms with E-state index in [0.29, 0.717) is 5.76 Å². The second-order valence-corrected chi connectivity index (χ2v) is 4.45. The maximum Gasteiger partial charge on any atom is 0.311 e. The lowest BCUT2D eigenvalue weighted by Gasteiger charge is -2.12. The fraction of sp³-hybridized carbons (Fsp3) is 0.308. The molecule has 0 aliphatic rings. The predicted molar refractivity (Wildman–Crippen MR) is 71.1 cm³/mol. The largest absolute Gasteiger partial charge is 0.464 e. The first-order chi connectivity index (χ1) is 8.97. The van der Waals surface area contributed by atoms with E-state index in [2.05, 4.69) is 10.3 Å². The first kappa shape index (κ1) is 13.1. The summed E-state index contributed by atoms with van der Waals surface area (Å²) >= 11 is 0. The Morgan fingerprint density at radius 2 is 2.16 bits per heavy atom. The van der Waals surface area contributed by atoms with Gasteiger partial charge in [0.1, 0.15) is 11.5 Å². The van der Waals surface area contributed by atoms with Gasteiger partial charge in [-0.05, 0) is 38.5 Å². The van der Waals surface area contributed by atoms with E-state index in [1.807, 2.05) is 26.0 Å². The summed E-state index contributed by atoms with van der Waals surface area (Å²) < 4.78 is 5.48. The van der Waals surface area contributed by atoms with Crippen LogP contribution in [0.2, 0.25) is 0 Å². The highest BCUT2D eigenvalue weighted by atomic mass is 16.6. The molecule has 19 heavy (non-hydrogen) atoms. The summed E-state index contributed by atoms with van der Waals surface area (Å²) in [7, 11) is 0. The summed E-state index contributed by atoms with van der Waals surface area (Å²) in [4.78, 5) is 14.6. The summed E-state index contributed by atoms with van der Waals surface area (Å²) in [5.41, 5.74) is 0.717. The zero-order chi connectivity index (χ0) is 14.0. The van der Waals surface area contributed by atoms with Crippen molar-refractivity contribution in [3.05, 3.63) is 51.6 Å². The van der Waals surface area contributed by atoms with Crippen LogP contribution in [-0.4, -0.2) is 9.91 Å². The monoisotopic (exact) mass is 261 g/mol. The van der Waals surface area contributed by atoms with Gasteiger partial charge >= 0.3 is 5.69 Å². The average molecular weight is 261 g/mol. The third kappa shape index (κ3) is 2.90. The number of aryl methyl sites for hydroxylation is 2. The number of anilines is 1. The van der Waals surface area contributed by atoms with Gasteiger partial charge in [0.2, 0.25) is 5.82 Å². The second-order valence-electron chi connectivity index (χ2n) is 4.45. The number of nitro groups is 1. The molecule has 2 rings (SSSR count). The molecule has 0 aromatic carbocycles. The normalized spacial score (nSPS) is 12.2. The van der Waals surface area contributed by atoms with Crippen molar-refractivity contribution in [3.8, 4) is 0 Å². The smallest absolute Gasteiger partial charge is 0.311 e. The van der Waals surface area contributed by atoms with Crippen LogP contribution >= 0.6 is 0 Å². The Labute approximate surface area is 110 Å². The van der Waals surface area contributed by atoms with Crippen molar-refractivity contribution in [2.45, 2.75) is 26.8 Å². The van der Waals surface area contributed by atoms with Crippen LogP contribution in [0.4, 0.5) is 11.5 Å². The zero-order valence-corrected chi connectivity index (χ0v) is 11.0.